The van der Waals surface area contributed by atoms with Crippen LogP contribution >= 0.6 is 11.6 Å². The standard InChI is InChI=1S/C24H26ClFN2O4/c1-14-19(12-27-11-16-6-5-7-21(31-3)23(16)32-4)22(24(29)30)15(2)28(14)13-17-8-9-18(26)10-20(17)25/h5-10,27H,11-13H2,1-4H3,(H,29,30)/p-1. The van der Waals surface area contributed by atoms with Gasteiger partial charge in [-0.2, -0.15) is 0 Å². The van der Waals surface area contributed by atoms with Crippen molar-refractivity contribution in [3.05, 3.63) is 80.9 Å². The number of ether oxygens (including phenoxy) is 2. The summed E-state index contributed by atoms with van der Waals surface area (Å²) in [4.78, 5) is 11.9. The maximum atomic E-state index is 13.4. The first-order valence-electron chi connectivity index (χ1n) is 10.0. The molecular weight excluding hydrogens is 435 g/mol. The van der Waals surface area contributed by atoms with Crippen LogP contribution in [0, 0.1) is 19.7 Å². The lowest BCUT2D eigenvalue weighted by atomic mass is 10.1. The number of nitrogens with zero attached hydrogens (tertiary/aromatic N) is 1. The molecule has 0 bridgehead atoms. The van der Waals surface area contributed by atoms with Gasteiger partial charge < -0.3 is 29.3 Å². The average molecular weight is 460 g/mol. The van der Waals surface area contributed by atoms with Crippen molar-refractivity contribution >= 4 is 17.6 Å². The van der Waals surface area contributed by atoms with E-state index in [0.29, 0.717) is 48.0 Å². The smallest absolute Gasteiger partial charge is 0.165 e. The van der Waals surface area contributed by atoms with Gasteiger partial charge in [-0.15, -0.1) is 0 Å². The summed E-state index contributed by atoms with van der Waals surface area (Å²) in [5.41, 5.74) is 3.67. The van der Waals surface area contributed by atoms with Crippen molar-refractivity contribution in [2.45, 2.75) is 33.5 Å². The molecule has 1 N–H and O–H groups in total. The third-order valence-corrected chi connectivity index (χ3v) is 5.91. The quantitative estimate of drug-likeness (QED) is 0.529. The minimum Gasteiger partial charge on any atom is -0.545 e. The molecule has 3 aromatic rings. The number of hydrogen-bond acceptors (Lipinski definition) is 5. The number of carboxylic acids is 1. The van der Waals surface area contributed by atoms with Gasteiger partial charge in [-0.3, -0.25) is 0 Å². The van der Waals surface area contributed by atoms with Gasteiger partial charge >= 0.3 is 0 Å². The molecule has 1 heterocycles. The fraction of sp³-hybridized carbons (Fsp3) is 0.292. The maximum Gasteiger partial charge on any atom is 0.165 e. The second kappa shape index (κ2) is 10.1. The first-order chi connectivity index (χ1) is 15.3. The maximum absolute atomic E-state index is 13.4. The van der Waals surface area contributed by atoms with Gasteiger partial charge in [0.1, 0.15) is 5.82 Å². The summed E-state index contributed by atoms with van der Waals surface area (Å²) in [7, 11) is 3.15. The minimum atomic E-state index is -1.25. The number of carbonyl (C=O) groups is 1. The van der Waals surface area contributed by atoms with E-state index in [4.69, 9.17) is 21.1 Å². The van der Waals surface area contributed by atoms with Gasteiger partial charge in [0.25, 0.3) is 0 Å². The van der Waals surface area contributed by atoms with E-state index < -0.39 is 11.8 Å². The molecule has 0 fully saturated rings. The zero-order valence-corrected chi connectivity index (χ0v) is 19.2. The minimum absolute atomic E-state index is 0.144. The van der Waals surface area contributed by atoms with Crippen LogP contribution in [0.2, 0.25) is 5.02 Å². The second-order valence-corrected chi connectivity index (χ2v) is 7.80. The predicted octanol–water partition coefficient (Wildman–Crippen LogP) is 3.62. The third-order valence-electron chi connectivity index (χ3n) is 5.56. The Hall–Kier alpha value is -3.03. The topological polar surface area (TPSA) is 75.5 Å². The van der Waals surface area contributed by atoms with E-state index in [1.54, 1.807) is 27.2 Å². The summed E-state index contributed by atoms with van der Waals surface area (Å²) >= 11 is 6.18. The van der Waals surface area contributed by atoms with Gasteiger partial charge in [0, 0.05) is 47.2 Å². The van der Waals surface area contributed by atoms with E-state index in [2.05, 4.69) is 5.32 Å². The van der Waals surface area contributed by atoms with E-state index in [0.717, 1.165) is 11.3 Å². The second-order valence-electron chi connectivity index (χ2n) is 7.39. The molecule has 0 radical (unpaired) electrons. The van der Waals surface area contributed by atoms with E-state index in [-0.39, 0.29) is 10.6 Å². The molecule has 0 spiro atoms. The molecule has 0 amide bonds. The zero-order valence-electron chi connectivity index (χ0n) is 18.4. The summed E-state index contributed by atoms with van der Waals surface area (Å²) < 4.78 is 26.0. The number of carboxylic acid groups (broad SMARTS) is 1. The normalized spacial score (nSPS) is 10.9. The number of carbonyl (C=O) groups excluding carboxylic acids is 1. The molecule has 0 aliphatic heterocycles. The molecule has 32 heavy (non-hydrogen) atoms. The lowest BCUT2D eigenvalue weighted by Gasteiger charge is -2.14. The number of halogens is 2. The van der Waals surface area contributed by atoms with Crippen molar-refractivity contribution in [2.75, 3.05) is 14.2 Å². The number of hydrogen-bond donors (Lipinski definition) is 1. The van der Waals surface area contributed by atoms with E-state index in [1.807, 2.05) is 29.7 Å². The summed E-state index contributed by atoms with van der Waals surface area (Å²) in [6.45, 7) is 4.64. The summed E-state index contributed by atoms with van der Waals surface area (Å²) in [6.07, 6.45) is 0. The van der Waals surface area contributed by atoms with Crippen molar-refractivity contribution in [3.63, 3.8) is 0 Å². The number of aromatic carboxylic acids is 1. The Morgan fingerprint density at radius 2 is 1.84 bits per heavy atom. The highest BCUT2D eigenvalue weighted by molar-refractivity contribution is 6.31. The van der Waals surface area contributed by atoms with Gasteiger partial charge in [-0.05, 0) is 43.2 Å². The molecule has 0 aliphatic carbocycles. The highest BCUT2D eigenvalue weighted by Gasteiger charge is 2.19. The largest absolute Gasteiger partial charge is 0.545 e. The van der Waals surface area contributed by atoms with Crippen LogP contribution in [0.1, 0.15) is 38.4 Å². The van der Waals surface area contributed by atoms with Gasteiger partial charge in [0.05, 0.1) is 20.2 Å². The van der Waals surface area contributed by atoms with Gasteiger partial charge in [-0.25, -0.2) is 4.39 Å². The average Bonchev–Trinajstić information content (AvgIpc) is 2.99. The molecule has 1 aromatic heterocycles. The van der Waals surface area contributed by atoms with Crippen LogP contribution in [0.3, 0.4) is 0 Å². The molecule has 0 saturated heterocycles. The molecule has 0 aliphatic rings. The molecule has 0 atom stereocenters. The van der Waals surface area contributed by atoms with Crippen molar-refractivity contribution in [1.82, 2.24) is 9.88 Å². The summed E-state index contributed by atoms with van der Waals surface area (Å²) in [5, 5.41) is 15.5. The van der Waals surface area contributed by atoms with Gasteiger partial charge in [-0.1, -0.05) is 29.8 Å². The molecular formula is C24H25ClFN2O4-. The van der Waals surface area contributed by atoms with Gasteiger partial charge in [0.15, 0.2) is 11.5 Å². The van der Waals surface area contributed by atoms with Crippen LogP contribution in [-0.4, -0.2) is 24.8 Å². The fourth-order valence-corrected chi connectivity index (χ4v) is 4.14. The SMILES string of the molecule is COc1cccc(CNCc2c(C(=O)[O-])c(C)n(Cc3ccc(F)cc3Cl)c2C)c1OC. The Balaban J connectivity index is 1.87. The first kappa shape index (κ1) is 23.6. The first-order valence-corrected chi connectivity index (χ1v) is 10.4. The van der Waals surface area contributed by atoms with Crippen LogP contribution in [0.15, 0.2) is 36.4 Å². The number of nitrogens with one attached hydrogen (secondary N) is 1. The van der Waals surface area contributed by atoms with Crippen LogP contribution in [0.4, 0.5) is 4.39 Å². The zero-order chi connectivity index (χ0) is 23.4. The van der Waals surface area contributed by atoms with Crippen LogP contribution < -0.4 is 19.9 Å². The lowest BCUT2D eigenvalue weighted by molar-refractivity contribution is -0.255. The Labute approximate surface area is 191 Å². The van der Waals surface area contributed by atoms with Crippen LogP contribution in [0.5, 0.6) is 11.5 Å². The third kappa shape index (κ3) is 4.74. The molecule has 2 aromatic carbocycles. The molecule has 170 valence electrons. The molecule has 8 heteroatoms. The van der Waals surface area contributed by atoms with Crippen LogP contribution in [0.25, 0.3) is 0 Å². The Morgan fingerprint density at radius 1 is 1.09 bits per heavy atom. The highest BCUT2D eigenvalue weighted by atomic mass is 35.5. The number of methoxy groups -OCH3 is 2. The molecule has 0 unspecified atom stereocenters. The lowest BCUT2D eigenvalue weighted by Crippen LogP contribution is -2.25. The molecule has 0 saturated carbocycles. The molecule has 6 nitrogen and oxygen atoms in total. The number of aromatic nitrogens is 1. The highest BCUT2D eigenvalue weighted by Crippen LogP contribution is 2.31. The van der Waals surface area contributed by atoms with Crippen molar-refractivity contribution in [1.29, 1.82) is 0 Å². The van der Waals surface area contributed by atoms with E-state index >= 15 is 0 Å². The Bertz CT molecular complexity index is 1140. The predicted molar refractivity (Wildman–Crippen MR) is 119 cm³/mol. The van der Waals surface area contributed by atoms with Crippen molar-refractivity contribution in [2.24, 2.45) is 0 Å². The summed E-state index contributed by atoms with van der Waals surface area (Å²) in [6, 6.07) is 9.76. The van der Waals surface area contributed by atoms with Crippen molar-refractivity contribution in [3.8, 4) is 11.5 Å². The van der Waals surface area contributed by atoms with E-state index in [1.165, 1.54) is 12.1 Å². The number of benzene rings is 2. The van der Waals surface area contributed by atoms with Crippen molar-refractivity contribution < 1.29 is 23.8 Å². The number of rotatable bonds is 9. The van der Waals surface area contributed by atoms with E-state index in [9.17, 15) is 14.3 Å². The molecule has 3 rings (SSSR count). The Kier molecular flexibility index (Phi) is 7.43. The monoisotopic (exact) mass is 459 g/mol. The summed E-state index contributed by atoms with van der Waals surface area (Å²) in [5.74, 6) is -0.422. The van der Waals surface area contributed by atoms with Crippen LogP contribution in [-0.2, 0) is 19.6 Å². The number of para-hydroxylation sites is 1. The van der Waals surface area contributed by atoms with Gasteiger partial charge in [0.2, 0.25) is 0 Å². The Morgan fingerprint density at radius 3 is 2.47 bits per heavy atom. The fourth-order valence-electron chi connectivity index (χ4n) is 3.91.